The third kappa shape index (κ3) is 4.85. The zero-order valence-electron chi connectivity index (χ0n) is 14.5. The van der Waals surface area contributed by atoms with Crippen molar-refractivity contribution in [2.24, 2.45) is 0 Å². The molecular weight excluding hydrogens is 483 g/mol. The first kappa shape index (κ1) is 19.8. The first-order valence-corrected chi connectivity index (χ1v) is 10.5. The van der Waals surface area contributed by atoms with Crippen molar-refractivity contribution in [3.8, 4) is 5.75 Å². The number of rotatable bonds is 6. The van der Waals surface area contributed by atoms with Crippen LogP contribution >= 0.6 is 43.5 Å². The van der Waals surface area contributed by atoms with Gasteiger partial charge in [-0.05, 0) is 74.7 Å². The Balaban J connectivity index is 1.67. The minimum atomic E-state index is 0.628. The summed E-state index contributed by atoms with van der Waals surface area (Å²) in [5.74, 6) is 0.828. The second-order valence-corrected chi connectivity index (χ2v) is 8.06. The predicted octanol–water partition coefficient (Wildman–Crippen LogP) is 5.71. The average molecular weight is 505 g/mol. The largest absolute Gasteiger partial charge is 0.492 e. The molecule has 0 saturated carbocycles. The predicted molar refractivity (Wildman–Crippen MR) is 115 cm³/mol. The maximum atomic E-state index is 6.50. The molecule has 1 heterocycles. The summed E-state index contributed by atoms with van der Waals surface area (Å²) < 4.78 is 12.9. The van der Waals surface area contributed by atoms with Crippen LogP contribution in [0.15, 0.2) is 39.3 Å². The average Bonchev–Trinajstić information content (AvgIpc) is 2.64. The zero-order valence-corrected chi connectivity index (χ0v) is 18.5. The van der Waals surface area contributed by atoms with E-state index in [-0.39, 0.29) is 0 Å². The van der Waals surface area contributed by atoms with Gasteiger partial charge in [-0.3, -0.25) is 0 Å². The monoisotopic (exact) mass is 502 g/mol. The van der Waals surface area contributed by atoms with Gasteiger partial charge in [0.25, 0.3) is 0 Å². The minimum absolute atomic E-state index is 0.628. The number of hydrogen-bond donors (Lipinski definition) is 1. The summed E-state index contributed by atoms with van der Waals surface area (Å²) >= 11 is 13.6. The molecule has 4 nitrogen and oxygen atoms in total. The highest BCUT2D eigenvalue weighted by Crippen LogP contribution is 2.35. The molecule has 26 heavy (non-hydrogen) atoms. The first-order chi connectivity index (χ1) is 12.6. The second kappa shape index (κ2) is 9.31. The quantitative estimate of drug-likeness (QED) is 0.546. The highest BCUT2D eigenvalue weighted by atomic mass is 79.9. The van der Waals surface area contributed by atoms with Gasteiger partial charge < -0.3 is 19.7 Å². The second-order valence-electron chi connectivity index (χ2n) is 5.94. The molecule has 1 fully saturated rings. The molecular formula is C19H21Br2ClN2O2. The van der Waals surface area contributed by atoms with Crippen molar-refractivity contribution in [2.75, 3.05) is 43.1 Å². The first-order valence-electron chi connectivity index (χ1n) is 8.55. The molecule has 0 unspecified atom stereocenters. The van der Waals surface area contributed by atoms with Gasteiger partial charge in [0.15, 0.2) is 0 Å². The Kier molecular flexibility index (Phi) is 7.09. The summed E-state index contributed by atoms with van der Waals surface area (Å²) in [6, 6.07) is 10.2. The highest BCUT2D eigenvalue weighted by molar-refractivity contribution is 9.11. The van der Waals surface area contributed by atoms with Gasteiger partial charge in [-0.25, -0.2) is 0 Å². The molecule has 0 atom stereocenters. The van der Waals surface area contributed by atoms with E-state index in [2.05, 4.69) is 66.3 Å². The molecule has 1 N–H and O–H groups in total. The number of nitrogens with one attached hydrogen (secondary N) is 1. The van der Waals surface area contributed by atoms with Gasteiger partial charge in [-0.2, -0.15) is 0 Å². The summed E-state index contributed by atoms with van der Waals surface area (Å²) in [5.41, 5.74) is 3.20. The molecule has 0 spiro atoms. The third-order valence-electron chi connectivity index (χ3n) is 4.14. The molecule has 0 aromatic heterocycles. The summed E-state index contributed by atoms with van der Waals surface area (Å²) in [4.78, 5) is 2.26. The molecule has 7 heteroatoms. The molecule has 0 amide bonds. The van der Waals surface area contributed by atoms with Crippen molar-refractivity contribution in [3.63, 3.8) is 0 Å². The van der Waals surface area contributed by atoms with Crippen LogP contribution in [0.25, 0.3) is 0 Å². The molecule has 2 aromatic carbocycles. The van der Waals surface area contributed by atoms with Crippen molar-refractivity contribution in [3.05, 3.63) is 49.9 Å². The van der Waals surface area contributed by atoms with E-state index in [0.717, 1.165) is 63.0 Å². The molecule has 2 aromatic rings. The standard InChI is InChI=1S/C19H21Br2ClN2O2/c1-2-26-19-15(20)9-13(10-16(19)21)12-23-14-3-4-18(17(22)11-14)24-5-7-25-8-6-24/h3-4,9-11,23H,2,5-8,12H2,1H3. The van der Waals surface area contributed by atoms with Gasteiger partial charge in [0, 0.05) is 25.3 Å². The minimum Gasteiger partial charge on any atom is -0.492 e. The maximum Gasteiger partial charge on any atom is 0.147 e. The SMILES string of the molecule is CCOc1c(Br)cc(CNc2ccc(N3CCOCC3)c(Cl)c2)cc1Br. The maximum absolute atomic E-state index is 6.50. The van der Waals surface area contributed by atoms with Crippen LogP contribution in [0.3, 0.4) is 0 Å². The lowest BCUT2D eigenvalue weighted by Gasteiger charge is -2.29. The lowest BCUT2D eigenvalue weighted by Crippen LogP contribution is -2.36. The van der Waals surface area contributed by atoms with Gasteiger partial charge >= 0.3 is 0 Å². The summed E-state index contributed by atoms with van der Waals surface area (Å²) in [6.07, 6.45) is 0. The number of ether oxygens (including phenoxy) is 2. The van der Waals surface area contributed by atoms with E-state index < -0.39 is 0 Å². The van der Waals surface area contributed by atoms with Crippen molar-refractivity contribution < 1.29 is 9.47 Å². The molecule has 0 bridgehead atoms. The molecule has 0 aliphatic carbocycles. The molecule has 3 rings (SSSR count). The number of nitrogens with zero attached hydrogens (tertiary/aromatic N) is 1. The highest BCUT2D eigenvalue weighted by Gasteiger charge is 2.14. The number of halogens is 3. The fourth-order valence-electron chi connectivity index (χ4n) is 2.88. The topological polar surface area (TPSA) is 33.7 Å². The third-order valence-corrected chi connectivity index (χ3v) is 5.62. The van der Waals surface area contributed by atoms with Gasteiger partial charge in [-0.1, -0.05) is 11.6 Å². The van der Waals surface area contributed by atoms with Crippen molar-refractivity contribution in [1.82, 2.24) is 0 Å². The normalized spacial score (nSPS) is 14.4. The zero-order chi connectivity index (χ0) is 18.5. The fraction of sp³-hybridized carbons (Fsp3) is 0.368. The molecule has 1 aliphatic rings. The van der Waals surface area contributed by atoms with Crippen LogP contribution in [0.2, 0.25) is 5.02 Å². The summed E-state index contributed by atoms with van der Waals surface area (Å²) in [6.45, 7) is 6.54. The van der Waals surface area contributed by atoms with E-state index in [1.165, 1.54) is 0 Å². The summed E-state index contributed by atoms with van der Waals surface area (Å²) in [7, 11) is 0. The van der Waals surface area contributed by atoms with Crippen molar-refractivity contribution >= 4 is 54.8 Å². The van der Waals surface area contributed by atoms with Gasteiger partial charge in [0.2, 0.25) is 0 Å². The van der Waals surface area contributed by atoms with Crippen LogP contribution in [0.5, 0.6) is 5.75 Å². The van der Waals surface area contributed by atoms with Crippen molar-refractivity contribution in [2.45, 2.75) is 13.5 Å². The number of hydrogen-bond acceptors (Lipinski definition) is 4. The van der Waals surface area contributed by atoms with Crippen LogP contribution < -0.4 is 15.0 Å². The Morgan fingerprint density at radius 1 is 1.15 bits per heavy atom. The lowest BCUT2D eigenvalue weighted by atomic mass is 10.2. The van der Waals surface area contributed by atoms with E-state index in [0.29, 0.717) is 13.2 Å². The van der Waals surface area contributed by atoms with E-state index >= 15 is 0 Å². The number of benzene rings is 2. The van der Waals surface area contributed by atoms with Gasteiger partial charge in [0.05, 0.1) is 39.5 Å². The van der Waals surface area contributed by atoms with Gasteiger partial charge in [-0.15, -0.1) is 0 Å². The Bertz CT molecular complexity index is 744. The lowest BCUT2D eigenvalue weighted by molar-refractivity contribution is 0.122. The smallest absolute Gasteiger partial charge is 0.147 e. The Morgan fingerprint density at radius 3 is 2.46 bits per heavy atom. The Morgan fingerprint density at radius 2 is 1.85 bits per heavy atom. The van der Waals surface area contributed by atoms with Crippen LogP contribution in [-0.4, -0.2) is 32.9 Å². The Labute approximate surface area is 176 Å². The number of morpholine rings is 1. The van der Waals surface area contributed by atoms with E-state index in [9.17, 15) is 0 Å². The number of anilines is 2. The molecule has 1 aliphatic heterocycles. The van der Waals surface area contributed by atoms with Gasteiger partial charge in [0.1, 0.15) is 5.75 Å². The van der Waals surface area contributed by atoms with Crippen molar-refractivity contribution in [1.29, 1.82) is 0 Å². The summed E-state index contributed by atoms with van der Waals surface area (Å²) in [5, 5.41) is 4.18. The van der Waals surface area contributed by atoms with E-state index in [1.807, 2.05) is 13.0 Å². The Hall–Kier alpha value is -0.950. The van der Waals surface area contributed by atoms with Crippen LogP contribution in [0.1, 0.15) is 12.5 Å². The molecule has 1 saturated heterocycles. The van der Waals surface area contributed by atoms with E-state index in [1.54, 1.807) is 0 Å². The molecule has 0 radical (unpaired) electrons. The van der Waals surface area contributed by atoms with Crippen LogP contribution in [0, 0.1) is 0 Å². The fourth-order valence-corrected chi connectivity index (χ4v) is 4.69. The molecule has 140 valence electrons. The van der Waals surface area contributed by atoms with Crippen LogP contribution in [0.4, 0.5) is 11.4 Å². The van der Waals surface area contributed by atoms with E-state index in [4.69, 9.17) is 21.1 Å². The van der Waals surface area contributed by atoms with Crippen LogP contribution in [-0.2, 0) is 11.3 Å².